The predicted octanol–water partition coefficient (Wildman–Crippen LogP) is 3.01. The molecule has 0 aliphatic carbocycles. The molecule has 156 valence electrons. The summed E-state index contributed by atoms with van der Waals surface area (Å²) < 4.78 is 18.4. The van der Waals surface area contributed by atoms with Crippen LogP contribution in [0.15, 0.2) is 18.2 Å². The van der Waals surface area contributed by atoms with E-state index in [1.54, 1.807) is 18.2 Å². The zero-order chi connectivity index (χ0) is 20.6. The van der Waals surface area contributed by atoms with Gasteiger partial charge in [-0.15, -0.1) is 0 Å². The lowest BCUT2D eigenvalue weighted by Crippen LogP contribution is -2.17. The Kier molecular flexibility index (Phi) is 7.60. The fourth-order valence-corrected chi connectivity index (χ4v) is 3.68. The maximum atomic E-state index is 13.0. The van der Waals surface area contributed by atoms with Gasteiger partial charge in [-0.25, -0.2) is 14.4 Å². The topological polar surface area (TPSA) is 102 Å². The molecule has 1 atom stereocenters. The second kappa shape index (κ2) is 10.4. The van der Waals surface area contributed by atoms with Crippen LogP contribution in [0.25, 0.3) is 0 Å². The Morgan fingerprint density at radius 1 is 1.28 bits per heavy atom. The highest BCUT2D eigenvalue weighted by Crippen LogP contribution is 2.25. The summed E-state index contributed by atoms with van der Waals surface area (Å²) in [6, 6.07) is 5.13. The van der Waals surface area contributed by atoms with Gasteiger partial charge in [-0.2, -0.15) is 0 Å². The minimum absolute atomic E-state index is 0.136. The standard InChI is InChI=1S/C20H25ClFN5O2/c21-20-26-18(2-1-13-3-4-29-11-13)17(10-24-12-28)19(27-20)25-9-15-5-14(8-22)6-16(23)7-15/h5-7,12-13H,1-4,8-11,23H2,(H,24,28)(H,25,26,27). The highest BCUT2D eigenvalue weighted by atomic mass is 35.5. The number of amides is 1. The number of benzene rings is 1. The number of nitrogens with two attached hydrogens (primary N) is 1. The van der Waals surface area contributed by atoms with Crippen LogP contribution in [0.5, 0.6) is 0 Å². The highest BCUT2D eigenvalue weighted by molar-refractivity contribution is 6.28. The van der Waals surface area contributed by atoms with Crippen molar-refractivity contribution in [2.24, 2.45) is 5.92 Å². The van der Waals surface area contributed by atoms with E-state index in [0.29, 0.717) is 42.4 Å². The van der Waals surface area contributed by atoms with E-state index < -0.39 is 6.67 Å². The smallest absolute Gasteiger partial charge is 0.224 e. The Bertz CT molecular complexity index is 846. The van der Waals surface area contributed by atoms with E-state index >= 15 is 0 Å². The van der Waals surface area contributed by atoms with Crippen molar-refractivity contribution in [1.82, 2.24) is 15.3 Å². The molecule has 1 fully saturated rings. The molecule has 1 aliphatic rings. The van der Waals surface area contributed by atoms with Gasteiger partial charge in [-0.05, 0) is 60.0 Å². The van der Waals surface area contributed by atoms with E-state index in [1.807, 2.05) is 0 Å². The number of nitrogen functional groups attached to an aromatic ring is 1. The Balaban J connectivity index is 1.79. The molecule has 29 heavy (non-hydrogen) atoms. The molecular formula is C20H25ClFN5O2. The molecule has 1 aromatic carbocycles. The van der Waals surface area contributed by atoms with Crippen molar-refractivity contribution in [3.05, 3.63) is 45.9 Å². The van der Waals surface area contributed by atoms with Gasteiger partial charge in [0.15, 0.2) is 0 Å². The van der Waals surface area contributed by atoms with Gasteiger partial charge in [-0.3, -0.25) is 4.79 Å². The van der Waals surface area contributed by atoms with Gasteiger partial charge in [0.25, 0.3) is 0 Å². The number of hydrogen-bond donors (Lipinski definition) is 3. The SMILES string of the molecule is Nc1cc(CF)cc(CNc2nc(Cl)nc(CCC3CCOC3)c2CNC=O)c1. The summed E-state index contributed by atoms with van der Waals surface area (Å²) in [6.45, 7) is 1.64. The number of alkyl halides is 1. The maximum absolute atomic E-state index is 13.0. The van der Waals surface area contributed by atoms with Gasteiger partial charge < -0.3 is 21.1 Å². The average molecular weight is 422 g/mol. The number of aryl methyl sites for hydroxylation is 1. The van der Waals surface area contributed by atoms with E-state index in [1.165, 1.54) is 0 Å². The van der Waals surface area contributed by atoms with Gasteiger partial charge in [0, 0.05) is 37.6 Å². The summed E-state index contributed by atoms with van der Waals surface area (Å²) in [5.74, 6) is 1.04. The molecular weight excluding hydrogens is 397 g/mol. The number of carbonyl (C=O) groups excluding carboxylic acids is 1. The Labute approximate surface area is 174 Å². The van der Waals surface area contributed by atoms with Gasteiger partial charge >= 0.3 is 0 Å². The number of hydrogen-bond acceptors (Lipinski definition) is 6. The van der Waals surface area contributed by atoms with Crippen molar-refractivity contribution in [3.63, 3.8) is 0 Å². The van der Waals surface area contributed by atoms with E-state index in [-0.39, 0.29) is 11.8 Å². The van der Waals surface area contributed by atoms with E-state index in [4.69, 9.17) is 22.1 Å². The second-order valence-corrected chi connectivity index (χ2v) is 7.44. The van der Waals surface area contributed by atoms with Crippen molar-refractivity contribution in [2.75, 3.05) is 24.3 Å². The number of aromatic nitrogens is 2. The van der Waals surface area contributed by atoms with Crippen molar-refractivity contribution < 1.29 is 13.9 Å². The molecule has 1 unspecified atom stereocenters. The number of ether oxygens (including phenoxy) is 1. The van der Waals surface area contributed by atoms with E-state index in [9.17, 15) is 9.18 Å². The second-order valence-electron chi connectivity index (χ2n) is 7.10. The van der Waals surface area contributed by atoms with Crippen LogP contribution in [0.3, 0.4) is 0 Å². The Morgan fingerprint density at radius 2 is 2.10 bits per heavy atom. The van der Waals surface area contributed by atoms with Crippen LogP contribution in [0.2, 0.25) is 5.28 Å². The molecule has 4 N–H and O–H groups in total. The molecule has 1 aliphatic heterocycles. The molecule has 1 amide bonds. The van der Waals surface area contributed by atoms with Gasteiger partial charge in [0.1, 0.15) is 12.5 Å². The minimum atomic E-state index is -0.582. The lowest BCUT2D eigenvalue weighted by atomic mass is 9.99. The number of rotatable bonds is 10. The van der Waals surface area contributed by atoms with Crippen molar-refractivity contribution in [2.45, 2.75) is 39.0 Å². The van der Waals surface area contributed by atoms with Gasteiger partial charge in [-0.1, -0.05) is 6.07 Å². The zero-order valence-corrected chi connectivity index (χ0v) is 16.8. The molecule has 0 bridgehead atoms. The van der Waals surface area contributed by atoms with Crippen LogP contribution in [-0.4, -0.2) is 29.6 Å². The van der Waals surface area contributed by atoms with Crippen LogP contribution in [-0.2, 0) is 35.7 Å². The number of halogens is 2. The summed E-state index contributed by atoms with van der Waals surface area (Å²) in [5, 5.41) is 6.05. The Hall–Kier alpha value is -2.45. The average Bonchev–Trinajstić information content (AvgIpc) is 3.23. The largest absolute Gasteiger partial charge is 0.399 e. The fraction of sp³-hybridized carbons (Fsp3) is 0.450. The molecule has 0 spiro atoms. The number of nitrogens with one attached hydrogen (secondary N) is 2. The number of nitrogens with zero attached hydrogens (tertiary/aromatic N) is 2. The molecule has 1 saturated heterocycles. The molecule has 2 aromatic rings. The van der Waals surface area contributed by atoms with E-state index in [0.717, 1.165) is 42.9 Å². The fourth-order valence-electron chi connectivity index (χ4n) is 3.49. The number of carbonyl (C=O) groups is 1. The van der Waals surface area contributed by atoms with E-state index in [2.05, 4.69) is 20.6 Å². The first kappa shape index (κ1) is 21.3. The van der Waals surface area contributed by atoms with Crippen LogP contribution in [0.4, 0.5) is 15.9 Å². The molecule has 0 saturated carbocycles. The quantitative estimate of drug-likeness (QED) is 0.309. The predicted molar refractivity (Wildman–Crippen MR) is 110 cm³/mol. The van der Waals surface area contributed by atoms with Crippen molar-refractivity contribution in [3.8, 4) is 0 Å². The lowest BCUT2D eigenvalue weighted by Gasteiger charge is -2.16. The summed E-state index contributed by atoms with van der Waals surface area (Å²) >= 11 is 6.16. The summed E-state index contributed by atoms with van der Waals surface area (Å²) in [6.07, 6.45) is 3.32. The van der Waals surface area contributed by atoms with Crippen LogP contribution in [0.1, 0.15) is 35.2 Å². The monoisotopic (exact) mass is 421 g/mol. The lowest BCUT2D eigenvalue weighted by molar-refractivity contribution is -0.109. The third-order valence-corrected chi connectivity index (χ3v) is 5.10. The molecule has 7 nitrogen and oxygen atoms in total. The summed E-state index contributed by atoms with van der Waals surface area (Å²) in [7, 11) is 0. The summed E-state index contributed by atoms with van der Waals surface area (Å²) in [4.78, 5) is 19.6. The third kappa shape index (κ3) is 6.01. The van der Waals surface area contributed by atoms with Gasteiger partial charge in [0.05, 0.1) is 5.69 Å². The van der Waals surface area contributed by atoms with Gasteiger partial charge in [0.2, 0.25) is 11.7 Å². The molecule has 9 heteroatoms. The molecule has 0 radical (unpaired) electrons. The van der Waals surface area contributed by atoms with Crippen LogP contribution >= 0.6 is 11.6 Å². The number of anilines is 2. The first-order valence-corrected chi connectivity index (χ1v) is 9.95. The van der Waals surface area contributed by atoms with Crippen molar-refractivity contribution >= 4 is 29.5 Å². The zero-order valence-electron chi connectivity index (χ0n) is 16.1. The molecule has 2 heterocycles. The van der Waals surface area contributed by atoms with Crippen LogP contribution in [0, 0.1) is 5.92 Å². The van der Waals surface area contributed by atoms with Crippen molar-refractivity contribution in [1.29, 1.82) is 0 Å². The summed E-state index contributed by atoms with van der Waals surface area (Å²) in [5.41, 5.74) is 9.27. The first-order chi connectivity index (χ1) is 14.1. The molecule has 3 rings (SSSR count). The normalized spacial score (nSPS) is 16.0. The Morgan fingerprint density at radius 3 is 2.83 bits per heavy atom. The first-order valence-electron chi connectivity index (χ1n) is 9.57. The minimum Gasteiger partial charge on any atom is -0.399 e. The highest BCUT2D eigenvalue weighted by Gasteiger charge is 2.19. The maximum Gasteiger partial charge on any atom is 0.224 e. The molecule has 1 aromatic heterocycles. The van der Waals surface area contributed by atoms with Crippen LogP contribution < -0.4 is 16.4 Å². The third-order valence-electron chi connectivity index (χ3n) is 4.93.